The van der Waals surface area contributed by atoms with E-state index in [0.29, 0.717) is 19.4 Å². The fourth-order valence-corrected chi connectivity index (χ4v) is 5.39. The molecule has 0 bridgehead atoms. The maximum atomic E-state index is 12.6. The number of carbonyl (C=O) groups is 2. The van der Waals surface area contributed by atoms with E-state index < -0.39 is 0 Å². The van der Waals surface area contributed by atoms with Crippen LogP contribution in [0.15, 0.2) is 0 Å². The summed E-state index contributed by atoms with van der Waals surface area (Å²) in [5.74, 6) is 0.150. The van der Waals surface area contributed by atoms with Crippen LogP contribution < -0.4 is 0 Å². The highest BCUT2D eigenvalue weighted by molar-refractivity contribution is 5.77. The van der Waals surface area contributed by atoms with Crippen LogP contribution in [0.2, 0.25) is 0 Å². The largest absolute Gasteiger partial charge is 0.459 e. The van der Waals surface area contributed by atoms with Gasteiger partial charge in [-0.1, -0.05) is 90.4 Å². The van der Waals surface area contributed by atoms with Crippen molar-refractivity contribution in [2.24, 2.45) is 0 Å². The molecule has 34 heavy (non-hydrogen) atoms. The summed E-state index contributed by atoms with van der Waals surface area (Å²) >= 11 is 0. The summed E-state index contributed by atoms with van der Waals surface area (Å²) in [7, 11) is 0. The normalized spacial score (nSPS) is 18.3. The van der Waals surface area contributed by atoms with Crippen molar-refractivity contribution in [2.45, 2.75) is 141 Å². The number of amides is 1. The number of rotatable bonds is 19. The fraction of sp³-hybridized carbons (Fsp3) is 0.931. The molecule has 0 saturated carbocycles. The lowest BCUT2D eigenvalue weighted by atomic mass is 10.0. The van der Waals surface area contributed by atoms with Gasteiger partial charge in [-0.3, -0.25) is 14.5 Å². The molecule has 0 unspecified atom stereocenters. The summed E-state index contributed by atoms with van der Waals surface area (Å²) in [6.45, 7) is 6.59. The van der Waals surface area contributed by atoms with Gasteiger partial charge in [0.15, 0.2) is 0 Å². The minimum atomic E-state index is -0.186. The molecule has 0 aromatic rings. The van der Waals surface area contributed by atoms with Crippen molar-refractivity contribution in [2.75, 3.05) is 32.7 Å². The maximum absolute atomic E-state index is 12.6. The van der Waals surface area contributed by atoms with Crippen molar-refractivity contribution in [1.29, 1.82) is 0 Å². The summed E-state index contributed by atoms with van der Waals surface area (Å²) in [4.78, 5) is 29.2. The highest BCUT2D eigenvalue weighted by Gasteiger charge is 2.26. The third kappa shape index (κ3) is 13.7. The molecule has 2 aliphatic heterocycles. The van der Waals surface area contributed by atoms with Gasteiger partial charge in [-0.05, 0) is 45.2 Å². The van der Waals surface area contributed by atoms with Gasteiger partial charge in [0.25, 0.3) is 0 Å². The molecule has 2 heterocycles. The quantitative estimate of drug-likeness (QED) is 0.150. The van der Waals surface area contributed by atoms with Gasteiger partial charge in [-0.25, -0.2) is 0 Å². The number of hydrogen-bond acceptors (Lipinski definition) is 4. The van der Waals surface area contributed by atoms with Crippen LogP contribution in [-0.2, 0) is 14.3 Å². The lowest BCUT2D eigenvalue weighted by Gasteiger charge is -2.34. The Morgan fingerprint density at radius 1 is 0.735 bits per heavy atom. The average molecular weight is 479 g/mol. The van der Waals surface area contributed by atoms with Gasteiger partial charge in [0.2, 0.25) is 5.91 Å². The Kier molecular flexibility index (Phi) is 16.4. The molecule has 2 rings (SSSR count). The van der Waals surface area contributed by atoms with Gasteiger partial charge in [-0.2, -0.15) is 0 Å². The fourth-order valence-electron chi connectivity index (χ4n) is 5.39. The van der Waals surface area contributed by atoms with Crippen molar-refractivity contribution in [3.63, 3.8) is 0 Å². The highest BCUT2D eigenvalue weighted by atomic mass is 16.5. The van der Waals surface area contributed by atoms with E-state index in [2.05, 4.69) is 11.8 Å². The third-order valence-electron chi connectivity index (χ3n) is 7.54. The van der Waals surface area contributed by atoms with Crippen molar-refractivity contribution in [3.05, 3.63) is 0 Å². The van der Waals surface area contributed by atoms with E-state index in [1.54, 1.807) is 0 Å². The number of unbranched alkanes of at least 4 members (excludes halogenated alkanes) is 12. The van der Waals surface area contributed by atoms with E-state index in [1.165, 1.54) is 89.9 Å². The summed E-state index contributed by atoms with van der Waals surface area (Å²) in [6, 6.07) is 0. The predicted molar refractivity (Wildman–Crippen MR) is 141 cm³/mol. The van der Waals surface area contributed by atoms with E-state index in [0.717, 1.165) is 51.9 Å². The van der Waals surface area contributed by atoms with E-state index in [9.17, 15) is 9.59 Å². The zero-order valence-electron chi connectivity index (χ0n) is 22.4. The van der Waals surface area contributed by atoms with Gasteiger partial charge in [-0.15, -0.1) is 0 Å². The molecule has 0 spiro atoms. The Balaban J connectivity index is 1.55. The van der Waals surface area contributed by atoms with Gasteiger partial charge in [0.05, 0.1) is 6.54 Å². The van der Waals surface area contributed by atoms with Crippen molar-refractivity contribution in [3.8, 4) is 0 Å². The van der Waals surface area contributed by atoms with E-state index in [4.69, 9.17) is 4.74 Å². The second-order valence-corrected chi connectivity index (χ2v) is 10.8. The number of ether oxygens (including phenoxy) is 1. The molecular formula is C29H54N2O3. The van der Waals surface area contributed by atoms with Crippen LogP contribution in [0.4, 0.5) is 0 Å². The van der Waals surface area contributed by atoms with Gasteiger partial charge in [0.1, 0.15) is 6.10 Å². The molecule has 2 saturated heterocycles. The smallest absolute Gasteiger partial charge is 0.306 e. The first-order chi connectivity index (χ1) is 16.7. The zero-order chi connectivity index (χ0) is 24.3. The number of nitrogens with zero attached hydrogens (tertiary/aromatic N) is 2. The summed E-state index contributed by atoms with van der Waals surface area (Å²) in [5.41, 5.74) is 0. The van der Waals surface area contributed by atoms with Gasteiger partial charge in [0, 0.05) is 25.9 Å². The molecule has 2 aliphatic rings. The second-order valence-electron chi connectivity index (χ2n) is 10.8. The standard InChI is InChI=1S/C29H54N2O3/c1-2-3-4-5-6-7-8-9-10-11-12-13-15-21-29(33)34-27(25-30-22-17-14-18-23-30)26-31-24-19-16-20-28(31)32/h27H,2-26H2,1H3/t27-/m1/s1. The van der Waals surface area contributed by atoms with Crippen LogP contribution in [0.1, 0.15) is 135 Å². The van der Waals surface area contributed by atoms with Gasteiger partial charge < -0.3 is 9.64 Å². The molecule has 1 atom stereocenters. The lowest BCUT2D eigenvalue weighted by Crippen LogP contribution is -2.47. The van der Waals surface area contributed by atoms with Crippen LogP contribution in [0.5, 0.6) is 0 Å². The SMILES string of the molecule is CCCCCCCCCCCCCCCC(=O)O[C@H](CN1CCCCC1)CN1CCCCC1=O. The molecule has 0 aromatic carbocycles. The van der Waals surface area contributed by atoms with Crippen molar-refractivity contribution >= 4 is 11.9 Å². The molecule has 0 N–H and O–H groups in total. The second kappa shape index (κ2) is 19.1. The minimum Gasteiger partial charge on any atom is -0.459 e. The number of hydrogen-bond donors (Lipinski definition) is 0. The van der Waals surface area contributed by atoms with E-state index in [-0.39, 0.29) is 18.0 Å². The summed E-state index contributed by atoms with van der Waals surface area (Å²) in [5, 5.41) is 0. The molecule has 198 valence electrons. The monoisotopic (exact) mass is 478 g/mol. The molecule has 2 fully saturated rings. The maximum Gasteiger partial charge on any atom is 0.306 e. The molecule has 5 nitrogen and oxygen atoms in total. The lowest BCUT2D eigenvalue weighted by molar-refractivity contribution is -0.154. The molecule has 1 amide bonds. The molecular weight excluding hydrogens is 424 g/mol. The highest BCUT2D eigenvalue weighted by Crippen LogP contribution is 2.16. The van der Waals surface area contributed by atoms with Crippen molar-refractivity contribution in [1.82, 2.24) is 9.80 Å². The molecule has 5 heteroatoms. The average Bonchev–Trinajstić information content (AvgIpc) is 2.84. The van der Waals surface area contributed by atoms with Crippen molar-refractivity contribution < 1.29 is 14.3 Å². The number of carbonyl (C=O) groups excluding carboxylic acids is 2. The molecule has 0 aliphatic carbocycles. The Hall–Kier alpha value is -1.10. The first-order valence-corrected chi connectivity index (χ1v) is 14.9. The predicted octanol–water partition coefficient (Wildman–Crippen LogP) is 6.88. The molecule has 0 aromatic heterocycles. The minimum absolute atomic E-state index is 0.0745. The van der Waals surface area contributed by atoms with Crippen LogP contribution in [0, 0.1) is 0 Å². The Labute approximate surface area is 210 Å². The Bertz CT molecular complexity index is 533. The van der Waals surface area contributed by atoms with Crippen LogP contribution >= 0.6 is 0 Å². The third-order valence-corrected chi connectivity index (χ3v) is 7.54. The topological polar surface area (TPSA) is 49.9 Å². The number of esters is 1. The van der Waals surface area contributed by atoms with E-state index in [1.807, 2.05) is 4.90 Å². The number of likely N-dealkylation sites (tertiary alicyclic amines) is 2. The van der Waals surface area contributed by atoms with Gasteiger partial charge >= 0.3 is 5.97 Å². The van der Waals surface area contributed by atoms with Crippen LogP contribution in [0.25, 0.3) is 0 Å². The first kappa shape index (κ1) is 29.1. The Morgan fingerprint density at radius 2 is 1.29 bits per heavy atom. The van der Waals surface area contributed by atoms with Crippen LogP contribution in [-0.4, -0.2) is 60.5 Å². The van der Waals surface area contributed by atoms with E-state index >= 15 is 0 Å². The summed E-state index contributed by atoms with van der Waals surface area (Å²) < 4.78 is 5.94. The molecule has 0 radical (unpaired) electrons. The zero-order valence-corrected chi connectivity index (χ0v) is 22.4. The Morgan fingerprint density at radius 3 is 1.88 bits per heavy atom. The van der Waals surface area contributed by atoms with Crippen LogP contribution in [0.3, 0.4) is 0 Å². The first-order valence-electron chi connectivity index (χ1n) is 14.9. The number of piperidine rings is 2. The summed E-state index contributed by atoms with van der Waals surface area (Å²) in [6.07, 6.45) is 23.8.